The van der Waals surface area contributed by atoms with Crippen LogP contribution in [0.15, 0.2) is 0 Å². The van der Waals surface area contributed by atoms with E-state index in [2.05, 4.69) is 34.6 Å². The lowest BCUT2D eigenvalue weighted by Crippen LogP contribution is -2.16. The van der Waals surface area contributed by atoms with Crippen LogP contribution in [0.1, 0.15) is 47.0 Å². The van der Waals surface area contributed by atoms with Gasteiger partial charge in [-0.3, -0.25) is 0 Å². The highest BCUT2D eigenvalue weighted by atomic mass is 14.2. The predicted octanol–water partition coefficient (Wildman–Crippen LogP) is 3.67. The molecule has 0 aliphatic carbocycles. The van der Waals surface area contributed by atoms with Gasteiger partial charge in [0, 0.05) is 0 Å². The average Bonchev–Trinajstić information content (AvgIpc) is 1.80. The Kier molecular flexibility index (Phi) is 4.00. The van der Waals surface area contributed by atoms with Crippen molar-refractivity contribution in [3.05, 3.63) is 6.92 Å². The maximum Gasteiger partial charge on any atom is -0.0357 e. The Hall–Kier alpha value is 0. The van der Waals surface area contributed by atoms with Crippen molar-refractivity contribution in [2.24, 2.45) is 11.3 Å². The van der Waals surface area contributed by atoms with E-state index in [1.807, 2.05) is 0 Å². The van der Waals surface area contributed by atoms with Crippen molar-refractivity contribution in [2.45, 2.75) is 47.0 Å². The lowest BCUT2D eigenvalue weighted by Gasteiger charge is -2.26. The van der Waals surface area contributed by atoms with Crippen molar-refractivity contribution in [3.8, 4) is 0 Å². The summed E-state index contributed by atoms with van der Waals surface area (Å²) in [6, 6.07) is 0. The van der Waals surface area contributed by atoms with Crippen LogP contribution >= 0.6 is 0 Å². The molecule has 0 aliphatic heterocycles. The molecule has 0 bridgehead atoms. The smallest absolute Gasteiger partial charge is 0.0357 e. The van der Waals surface area contributed by atoms with Crippen molar-refractivity contribution in [1.29, 1.82) is 0 Å². The number of rotatable bonds is 3. The molecule has 0 aromatic heterocycles. The zero-order valence-corrected chi connectivity index (χ0v) is 7.91. The molecule has 1 atom stereocenters. The summed E-state index contributed by atoms with van der Waals surface area (Å²) in [6.45, 7) is 13.1. The molecular weight excluding hydrogens is 120 g/mol. The van der Waals surface area contributed by atoms with E-state index in [4.69, 9.17) is 0 Å². The lowest BCUT2D eigenvalue weighted by atomic mass is 9.79. The standard InChI is InChI=1S/C10H21/c1-6-7-8-9(2)10(3,4)5/h9H,1,6-8H2,2-5H3. The van der Waals surface area contributed by atoms with E-state index in [9.17, 15) is 0 Å². The van der Waals surface area contributed by atoms with Gasteiger partial charge in [-0.15, -0.1) is 0 Å². The SMILES string of the molecule is [CH2]CCCC(C)C(C)(C)C. The first kappa shape index (κ1) is 10.0. The minimum atomic E-state index is 0.481. The molecule has 0 heteroatoms. The van der Waals surface area contributed by atoms with Crippen LogP contribution in [0, 0.1) is 18.3 Å². The molecule has 61 valence electrons. The summed E-state index contributed by atoms with van der Waals surface area (Å²) in [5.41, 5.74) is 0.481. The minimum absolute atomic E-state index is 0.481. The second kappa shape index (κ2) is 4.00. The van der Waals surface area contributed by atoms with Gasteiger partial charge in [-0.2, -0.15) is 0 Å². The molecule has 0 aliphatic rings. The third-order valence-corrected chi connectivity index (χ3v) is 2.37. The highest BCUT2D eigenvalue weighted by Crippen LogP contribution is 2.29. The summed E-state index contributed by atoms with van der Waals surface area (Å²) in [5.74, 6) is 0.828. The van der Waals surface area contributed by atoms with E-state index in [-0.39, 0.29) is 0 Å². The zero-order chi connectivity index (χ0) is 8.20. The Morgan fingerprint density at radius 3 is 2.10 bits per heavy atom. The number of unbranched alkanes of at least 4 members (excludes halogenated alkanes) is 1. The molecule has 1 unspecified atom stereocenters. The molecular formula is C10H21. The summed E-state index contributed by atoms with van der Waals surface area (Å²) in [6.07, 6.45) is 3.69. The van der Waals surface area contributed by atoms with Crippen LogP contribution in [0.25, 0.3) is 0 Å². The third kappa shape index (κ3) is 3.92. The first-order valence-corrected chi connectivity index (χ1v) is 4.27. The van der Waals surface area contributed by atoms with Gasteiger partial charge in [0.25, 0.3) is 0 Å². The van der Waals surface area contributed by atoms with Gasteiger partial charge in [-0.05, 0) is 11.3 Å². The quantitative estimate of drug-likeness (QED) is 0.562. The molecule has 0 amide bonds. The van der Waals surface area contributed by atoms with Crippen molar-refractivity contribution in [1.82, 2.24) is 0 Å². The summed E-state index contributed by atoms with van der Waals surface area (Å²) in [4.78, 5) is 0. The maximum absolute atomic E-state index is 3.84. The van der Waals surface area contributed by atoms with E-state index >= 15 is 0 Å². The van der Waals surface area contributed by atoms with Crippen LogP contribution in [0.2, 0.25) is 0 Å². The maximum atomic E-state index is 3.84. The Morgan fingerprint density at radius 2 is 1.80 bits per heavy atom. The van der Waals surface area contributed by atoms with Crippen LogP contribution in [0.3, 0.4) is 0 Å². The van der Waals surface area contributed by atoms with Gasteiger partial charge in [0.05, 0.1) is 0 Å². The van der Waals surface area contributed by atoms with E-state index in [0.29, 0.717) is 5.41 Å². The van der Waals surface area contributed by atoms with Gasteiger partial charge in [-0.1, -0.05) is 53.9 Å². The Bertz CT molecular complexity index is 76.5. The van der Waals surface area contributed by atoms with Crippen LogP contribution in [0.5, 0.6) is 0 Å². The van der Waals surface area contributed by atoms with E-state index < -0.39 is 0 Å². The Balaban J connectivity index is 3.52. The molecule has 0 spiro atoms. The summed E-state index contributed by atoms with van der Waals surface area (Å²) in [7, 11) is 0. The molecule has 0 N–H and O–H groups in total. The van der Waals surface area contributed by atoms with Crippen LogP contribution in [0.4, 0.5) is 0 Å². The first-order valence-electron chi connectivity index (χ1n) is 4.27. The number of hydrogen-bond acceptors (Lipinski definition) is 0. The zero-order valence-electron chi connectivity index (χ0n) is 7.91. The molecule has 0 saturated carbocycles. The minimum Gasteiger partial charge on any atom is -0.0620 e. The van der Waals surface area contributed by atoms with Crippen molar-refractivity contribution >= 4 is 0 Å². The van der Waals surface area contributed by atoms with E-state index in [1.54, 1.807) is 0 Å². The fraction of sp³-hybridized carbons (Fsp3) is 0.900. The second-order valence-corrected chi connectivity index (χ2v) is 4.26. The lowest BCUT2D eigenvalue weighted by molar-refractivity contribution is 0.243. The van der Waals surface area contributed by atoms with Crippen LogP contribution in [-0.2, 0) is 0 Å². The molecule has 0 rings (SSSR count). The van der Waals surface area contributed by atoms with Gasteiger partial charge in [-0.25, -0.2) is 0 Å². The fourth-order valence-electron chi connectivity index (χ4n) is 0.884. The molecule has 0 nitrogen and oxygen atoms in total. The van der Waals surface area contributed by atoms with Gasteiger partial charge >= 0.3 is 0 Å². The molecule has 0 saturated heterocycles. The molecule has 0 aromatic carbocycles. The van der Waals surface area contributed by atoms with Crippen molar-refractivity contribution in [3.63, 3.8) is 0 Å². The first-order chi connectivity index (χ1) is 4.48. The summed E-state index contributed by atoms with van der Waals surface area (Å²) >= 11 is 0. The second-order valence-electron chi connectivity index (χ2n) is 4.26. The highest BCUT2D eigenvalue weighted by Gasteiger charge is 2.18. The molecule has 0 aromatic rings. The van der Waals surface area contributed by atoms with E-state index in [0.717, 1.165) is 12.3 Å². The Labute approximate surface area is 66.0 Å². The fourth-order valence-corrected chi connectivity index (χ4v) is 0.884. The monoisotopic (exact) mass is 141 g/mol. The van der Waals surface area contributed by atoms with Crippen molar-refractivity contribution < 1.29 is 0 Å². The topological polar surface area (TPSA) is 0 Å². The van der Waals surface area contributed by atoms with Gasteiger partial charge < -0.3 is 0 Å². The van der Waals surface area contributed by atoms with Gasteiger partial charge in [0.1, 0.15) is 0 Å². The average molecular weight is 141 g/mol. The summed E-state index contributed by atoms with van der Waals surface area (Å²) < 4.78 is 0. The molecule has 1 radical (unpaired) electrons. The van der Waals surface area contributed by atoms with Gasteiger partial charge in [0.15, 0.2) is 0 Å². The highest BCUT2D eigenvalue weighted by molar-refractivity contribution is 4.69. The molecule has 10 heavy (non-hydrogen) atoms. The molecule has 0 fully saturated rings. The molecule has 0 heterocycles. The number of hydrogen-bond donors (Lipinski definition) is 0. The Morgan fingerprint density at radius 1 is 1.30 bits per heavy atom. The third-order valence-electron chi connectivity index (χ3n) is 2.37. The summed E-state index contributed by atoms with van der Waals surface area (Å²) in [5, 5.41) is 0. The largest absolute Gasteiger partial charge is 0.0620 e. The van der Waals surface area contributed by atoms with Crippen LogP contribution in [-0.4, -0.2) is 0 Å². The van der Waals surface area contributed by atoms with Crippen LogP contribution < -0.4 is 0 Å². The predicted molar refractivity (Wildman–Crippen MR) is 47.8 cm³/mol. The van der Waals surface area contributed by atoms with Crippen molar-refractivity contribution in [2.75, 3.05) is 0 Å². The van der Waals surface area contributed by atoms with E-state index in [1.165, 1.54) is 12.8 Å². The normalized spacial score (nSPS) is 15.3. The van der Waals surface area contributed by atoms with Gasteiger partial charge in [0.2, 0.25) is 0 Å².